The van der Waals surface area contributed by atoms with Crippen LogP contribution in [0.4, 0.5) is 0 Å². The molecule has 0 radical (unpaired) electrons. The molecule has 3 atom stereocenters. The van der Waals surface area contributed by atoms with E-state index in [4.69, 9.17) is 4.74 Å². The smallest absolute Gasteiger partial charge is 0.309 e. The summed E-state index contributed by atoms with van der Waals surface area (Å²) in [6, 6.07) is 0. The number of hydrogen-bond donors (Lipinski definition) is 0. The quantitative estimate of drug-likeness (QED) is 0.654. The van der Waals surface area contributed by atoms with E-state index in [9.17, 15) is 4.79 Å². The summed E-state index contributed by atoms with van der Waals surface area (Å²) >= 11 is 0. The zero-order chi connectivity index (χ0) is 14.6. The number of esters is 1. The molecule has 0 heterocycles. The molecule has 0 N–H and O–H groups in total. The molecule has 116 valence electrons. The first-order valence-electron chi connectivity index (χ1n) is 8.87. The summed E-state index contributed by atoms with van der Waals surface area (Å²) in [5.74, 6) is 1.60. The molecular formula is C18H32O2. The fraction of sp³-hybridized carbons (Fsp3) is 0.944. The first-order valence-corrected chi connectivity index (χ1v) is 8.87. The predicted molar refractivity (Wildman–Crippen MR) is 82.5 cm³/mol. The lowest BCUT2D eigenvalue weighted by Crippen LogP contribution is -2.39. The van der Waals surface area contributed by atoms with Crippen LogP contribution in [0.25, 0.3) is 0 Å². The van der Waals surface area contributed by atoms with E-state index in [1.807, 2.05) is 0 Å². The Balaban J connectivity index is 1.99. The van der Waals surface area contributed by atoms with Crippen LogP contribution in [0, 0.1) is 17.8 Å². The molecule has 0 amide bonds. The van der Waals surface area contributed by atoms with Crippen LogP contribution >= 0.6 is 0 Å². The molecule has 2 saturated carbocycles. The van der Waals surface area contributed by atoms with Gasteiger partial charge in [-0.25, -0.2) is 0 Å². The molecule has 0 bridgehead atoms. The van der Waals surface area contributed by atoms with Crippen LogP contribution < -0.4 is 0 Å². The first-order chi connectivity index (χ1) is 9.64. The Morgan fingerprint density at radius 3 is 2.30 bits per heavy atom. The maximum atomic E-state index is 12.7. The number of hydrogen-bond acceptors (Lipinski definition) is 2. The topological polar surface area (TPSA) is 26.3 Å². The van der Waals surface area contributed by atoms with Gasteiger partial charge in [-0.1, -0.05) is 40.0 Å². The Bertz CT molecular complexity index is 317. The van der Waals surface area contributed by atoms with Crippen LogP contribution in [0.3, 0.4) is 0 Å². The summed E-state index contributed by atoms with van der Waals surface area (Å²) in [6.45, 7) is 6.65. The summed E-state index contributed by atoms with van der Waals surface area (Å²) in [7, 11) is 0. The van der Waals surface area contributed by atoms with Gasteiger partial charge in [0.1, 0.15) is 5.60 Å². The molecule has 0 spiro atoms. The molecular weight excluding hydrogens is 248 g/mol. The minimum absolute atomic E-state index is 0.122. The summed E-state index contributed by atoms with van der Waals surface area (Å²) in [4.78, 5) is 12.7. The molecule has 2 heteroatoms. The van der Waals surface area contributed by atoms with E-state index in [-0.39, 0.29) is 17.5 Å². The van der Waals surface area contributed by atoms with Crippen molar-refractivity contribution in [1.29, 1.82) is 0 Å². The van der Waals surface area contributed by atoms with E-state index in [0.29, 0.717) is 5.92 Å². The Morgan fingerprint density at radius 2 is 1.75 bits per heavy atom. The third-order valence-electron chi connectivity index (χ3n) is 5.92. The van der Waals surface area contributed by atoms with E-state index < -0.39 is 0 Å². The van der Waals surface area contributed by atoms with E-state index in [2.05, 4.69) is 20.8 Å². The average Bonchev–Trinajstić information content (AvgIpc) is 2.91. The lowest BCUT2D eigenvalue weighted by molar-refractivity contribution is -0.170. The van der Waals surface area contributed by atoms with Crippen LogP contribution in [0.1, 0.15) is 85.0 Å². The molecule has 20 heavy (non-hydrogen) atoms. The highest BCUT2D eigenvalue weighted by atomic mass is 16.6. The summed E-state index contributed by atoms with van der Waals surface area (Å²) < 4.78 is 6.10. The van der Waals surface area contributed by atoms with Crippen LogP contribution in [0.2, 0.25) is 0 Å². The third-order valence-corrected chi connectivity index (χ3v) is 5.92. The second-order valence-corrected chi connectivity index (χ2v) is 7.04. The number of carbonyl (C=O) groups is 1. The second-order valence-electron chi connectivity index (χ2n) is 7.04. The Morgan fingerprint density at radius 1 is 1.05 bits per heavy atom. The first kappa shape index (κ1) is 15.9. The maximum Gasteiger partial charge on any atom is 0.309 e. The lowest BCUT2D eigenvalue weighted by atomic mass is 9.82. The zero-order valence-corrected chi connectivity index (χ0v) is 13.6. The van der Waals surface area contributed by atoms with Gasteiger partial charge in [0.15, 0.2) is 0 Å². The molecule has 0 aromatic carbocycles. The van der Waals surface area contributed by atoms with Crippen LogP contribution in [-0.2, 0) is 9.53 Å². The van der Waals surface area contributed by atoms with Crippen molar-refractivity contribution in [3.63, 3.8) is 0 Å². The highest BCUT2D eigenvalue weighted by Crippen LogP contribution is 2.42. The van der Waals surface area contributed by atoms with Crippen molar-refractivity contribution in [2.75, 3.05) is 0 Å². The van der Waals surface area contributed by atoms with Crippen LogP contribution in [0.15, 0.2) is 0 Å². The molecule has 2 nitrogen and oxygen atoms in total. The lowest BCUT2D eigenvalue weighted by Gasteiger charge is -2.37. The standard InChI is InChI=1S/C18H32O2/c1-4-14-12-15(5-2)16(13-14)17(19)20-18(6-3)10-8-7-9-11-18/h14-16H,4-13H2,1-3H3. The number of rotatable bonds is 5. The molecule has 0 aromatic rings. The van der Waals surface area contributed by atoms with Gasteiger partial charge < -0.3 is 4.74 Å². The van der Waals surface area contributed by atoms with Gasteiger partial charge in [0, 0.05) is 0 Å². The Hall–Kier alpha value is -0.530. The number of ether oxygens (including phenoxy) is 1. The minimum Gasteiger partial charge on any atom is -0.459 e. The SMILES string of the molecule is CCC1CC(CC)C(C(=O)OC2(CC)CCCCC2)C1. The van der Waals surface area contributed by atoms with Gasteiger partial charge in [0.05, 0.1) is 5.92 Å². The molecule has 0 saturated heterocycles. The van der Waals surface area contributed by atoms with Gasteiger partial charge in [-0.3, -0.25) is 4.79 Å². The molecule has 3 unspecified atom stereocenters. The van der Waals surface area contributed by atoms with E-state index in [1.165, 1.54) is 32.1 Å². The molecule has 0 aromatic heterocycles. The van der Waals surface area contributed by atoms with E-state index >= 15 is 0 Å². The zero-order valence-electron chi connectivity index (χ0n) is 13.6. The highest BCUT2D eigenvalue weighted by Gasteiger charge is 2.42. The summed E-state index contributed by atoms with van der Waals surface area (Å²) in [6.07, 6.45) is 11.5. The van der Waals surface area contributed by atoms with Crippen molar-refractivity contribution in [2.24, 2.45) is 17.8 Å². The normalized spacial score (nSPS) is 33.0. The minimum atomic E-state index is -0.127. The molecule has 2 rings (SSSR count). The van der Waals surface area contributed by atoms with E-state index in [1.54, 1.807) is 0 Å². The third kappa shape index (κ3) is 3.38. The molecule has 0 aliphatic heterocycles. The van der Waals surface area contributed by atoms with Gasteiger partial charge in [0.25, 0.3) is 0 Å². The van der Waals surface area contributed by atoms with Crippen molar-refractivity contribution in [2.45, 2.75) is 90.6 Å². The van der Waals surface area contributed by atoms with Crippen molar-refractivity contribution in [3.05, 3.63) is 0 Å². The van der Waals surface area contributed by atoms with Gasteiger partial charge in [-0.2, -0.15) is 0 Å². The van der Waals surface area contributed by atoms with Crippen molar-refractivity contribution < 1.29 is 9.53 Å². The Kier molecular flexibility index (Phi) is 5.51. The van der Waals surface area contributed by atoms with Crippen LogP contribution in [-0.4, -0.2) is 11.6 Å². The van der Waals surface area contributed by atoms with Crippen LogP contribution in [0.5, 0.6) is 0 Å². The number of carbonyl (C=O) groups excluding carboxylic acids is 1. The fourth-order valence-corrected chi connectivity index (χ4v) is 4.33. The van der Waals surface area contributed by atoms with Gasteiger partial charge >= 0.3 is 5.97 Å². The maximum absolute atomic E-state index is 12.7. The highest BCUT2D eigenvalue weighted by molar-refractivity contribution is 5.73. The van der Waals surface area contributed by atoms with Crippen molar-refractivity contribution >= 4 is 5.97 Å². The molecule has 2 fully saturated rings. The summed E-state index contributed by atoms with van der Waals surface area (Å²) in [5.41, 5.74) is -0.127. The van der Waals surface area contributed by atoms with Gasteiger partial charge in [-0.05, 0) is 56.8 Å². The Labute approximate surface area is 124 Å². The fourth-order valence-electron chi connectivity index (χ4n) is 4.33. The molecule has 2 aliphatic rings. The van der Waals surface area contributed by atoms with Crippen molar-refractivity contribution in [3.8, 4) is 0 Å². The van der Waals surface area contributed by atoms with Gasteiger partial charge in [0.2, 0.25) is 0 Å². The van der Waals surface area contributed by atoms with E-state index in [0.717, 1.165) is 38.0 Å². The monoisotopic (exact) mass is 280 g/mol. The average molecular weight is 280 g/mol. The molecule has 2 aliphatic carbocycles. The largest absolute Gasteiger partial charge is 0.459 e. The second kappa shape index (κ2) is 6.95. The predicted octanol–water partition coefficient (Wildman–Crippen LogP) is 5.10. The van der Waals surface area contributed by atoms with Crippen molar-refractivity contribution in [1.82, 2.24) is 0 Å². The van der Waals surface area contributed by atoms with Gasteiger partial charge in [-0.15, -0.1) is 0 Å². The summed E-state index contributed by atoms with van der Waals surface area (Å²) in [5, 5.41) is 0.